The molecule has 0 spiro atoms. The molecule has 0 atom stereocenters. The minimum atomic E-state index is -0.561. The average molecular weight is 248 g/mol. The van der Waals surface area contributed by atoms with E-state index in [0.29, 0.717) is 17.1 Å². The summed E-state index contributed by atoms with van der Waals surface area (Å²) in [5.74, 6) is 0.413. The third-order valence-electron chi connectivity index (χ3n) is 2.56. The van der Waals surface area contributed by atoms with E-state index in [0.717, 1.165) is 6.29 Å². The van der Waals surface area contributed by atoms with Gasteiger partial charge in [-0.2, -0.15) is 0 Å². The summed E-state index contributed by atoms with van der Waals surface area (Å²) in [6.45, 7) is 0. The number of ether oxygens (including phenoxy) is 2. The number of carbonyl (C=O) groups is 2. The Hall–Kier alpha value is -2.37. The zero-order chi connectivity index (χ0) is 13.1. The van der Waals surface area contributed by atoms with Crippen LogP contribution < -0.4 is 4.74 Å². The van der Waals surface area contributed by atoms with Gasteiger partial charge in [0, 0.05) is 6.20 Å². The van der Waals surface area contributed by atoms with Gasteiger partial charge < -0.3 is 14.3 Å². The maximum atomic E-state index is 11.7. The van der Waals surface area contributed by atoms with Crippen molar-refractivity contribution in [2.24, 2.45) is 0 Å². The SMILES string of the molecule is COC(=O)c1nc(CC=O)n2cccc(OC)c12. The average Bonchev–Trinajstić information content (AvgIpc) is 2.77. The van der Waals surface area contributed by atoms with E-state index >= 15 is 0 Å². The molecule has 0 radical (unpaired) electrons. The Morgan fingerprint density at radius 1 is 1.50 bits per heavy atom. The Balaban J connectivity index is 2.76. The molecule has 0 fully saturated rings. The van der Waals surface area contributed by atoms with Crippen molar-refractivity contribution in [2.45, 2.75) is 6.42 Å². The molecule has 94 valence electrons. The quantitative estimate of drug-likeness (QED) is 0.593. The van der Waals surface area contributed by atoms with Gasteiger partial charge in [0.15, 0.2) is 5.69 Å². The van der Waals surface area contributed by atoms with Crippen molar-refractivity contribution < 1.29 is 19.1 Å². The zero-order valence-electron chi connectivity index (χ0n) is 10.0. The Morgan fingerprint density at radius 3 is 2.89 bits per heavy atom. The summed E-state index contributed by atoms with van der Waals surface area (Å²) >= 11 is 0. The zero-order valence-corrected chi connectivity index (χ0v) is 10.0. The third-order valence-corrected chi connectivity index (χ3v) is 2.56. The van der Waals surface area contributed by atoms with Crippen LogP contribution >= 0.6 is 0 Å². The fourth-order valence-electron chi connectivity index (χ4n) is 1.79. The number of methoxy groups -OCH3 is 2. The Bertz CT molecular complexity index is 603. The minimum Gasteiger partial charge on any atom is -0.494 e. The second kappa shape index (κ2) is 4.87. The van der Waals surface area contributed by atoms with Gasteiger partial charge in [-0.25, -0.2) is 9.78 Å². The number of nitrogens with zero attached hydrogens (tertiary/aromatic N) is 2. The molecule has 6 nitrogen and oxygen atoms in total. The number of esters is 1. The molecular formula is C12H12N2O4. The number of rotatable bonds is 4. The molecule has 0 aromatic carbocycles. The van der Waals surface area contributed by atoms with E-state index in [-0.39, 0.29) is 12.1 Å². The Labute approximate surface area is 103 Å². The van der Waals surface area contributed by atoms with Crippen LogP contribution in [0.3, 0.4) is 0 Å². The van der Waals surface area contributed by atoms with E-state index in [9.17, 15) is 9.59 Å². The molecule has 2 aromatic heterocycles. The topological polar surface area (TPSA) is 69.9 Å². The van der Waals surface area contributed by atoms with Crippen LogP contribution in [0.1, 0.15) is 16.3 Å². The molecule has 2 rings (SSSR count). The fraction of sp³-hybridized carbons (Fsp3) is 0.250. The smallest absolute Gasteiger partial charge is 0.359 e. The van der Waals surface area contributed by atoms with Gasteiger partial charge in [-0.1, -0.05) is 0 Å². The normalized spacial score (nSPS) is 10.3. The first-order valence-corrected chi connectivity index (χ1v) is 5.28. The van der Waals surface area contributed by atoms with Crippen molar-refractivity contribution in [3.05, 3.63) is 29.8 Å². The lowest BCUT2D eigenvalue weighted by Crippen LogP contribution is -2.03. The number of aromatic nitrogens is 2. The Kier molecular flexibility index (Phi) is 3.27. The molecule has 0 aliphatic rings. The molecule has 0 aliphatic carbocycles. The summed E-state index contributed by atoms with van der Waals surface area (Å²) in [4.78, 5) is 26.4. The molecule has 6 heteroatoms. The van der Waals surface area contributed by atoms with Crippen LogP contribution in [0.4, 0.5) is 0 Å². The van der Waals surface area contributed by atoms with Gasteiger partial charge in [-0.05, 0) is 12.1 Å². The maximum Gasteiger partial charge on any atom is 0.359 e. The van der Waals surface area contributed by atoms with Gasteiger partial charge in [-0.3, -0.25) is 4.40 Å². The molecule has 0 bridgehead atoms. The first-order valence-electron chi connectivity index (χ1n) is 5.28. The number of aldehydes is 1. The Morgan fingerprint density at radius 2 is 2.28 bits per heavy atom. The highest BCUT2D eigenvalue weighted by Crippen LogP contribution is 2.24. The van der Waals surface area contributed by atoms with Crippen LogP contribution in [-0.4, -0.2) is 35.9 Å². The van der Waals surface area contributed by atoms with Crippen LogP contribution in [-0.2, 0) is 16.0 Å². The summed E-state index contributed by atoms with van der Waals surface area (Å²) in [5, 5.41) is 0. The number of fused-ring (bicyclic) bond motifs is 1. The van der Waals surface area contributed by atoms with Crippen molar-refractivity contribution in [2.75, 3.05) is 14.2 Å². The highest BCUT2D eigenvalue weighted by molar-refractivity contribution is 5.97. The fourth-order valence-corrected chi connectivity index (χ4v) is 1.79. The second-order valence-corrected chi connectivity index (χ2v) is 3.53. The number of imidazole rings is 1. The molecule has 18 heavy (non-hydrogen) atoms. The van der Waals surface area contributed by atoms with Crippen molar-refractivity contribution in [3.63, 3.8) is 0 Å². The molecular weight excluding hydrogens is 236 g/mol. The van der Waals surface area contributed by atoms with E-state index in [2.05, 4.69) is 9.72 Å². The molecule has 0 saturated heterocycles. The molecule has 0 aliphatic heterocycles. The number of hydrogen-bond acceptors (Lipinski definition) is 5. The van der Waals surface area contributed by atoms with Crippen molar-refractivity contribution in [1.29, 1.82) is 0 Å². The largest absolute Gasteiger partial charge is 0.494 e. The molecule has 2 heterocycles. The molecule has 0 saturated carbocycles. The summed E-state index contributed by atoms with van der Waals surface area (Å²) in [6.07, 6.45) is 2.57. The number of pyridine rings is 1. The first-order chi connectivity index (χ1) is 8.72. The second-order valence-electron chi connectivity index (χ2n) is 3.53. The predicted molar refractivity (Wildman–Crippen MR) is 62.9 cm³/mol. The van der Waals surface area contributed by atoms with E-state index in [4.69, 9.17) is 4.74 Å². The summed E-state index contributed by atoms with van der Waals surface area (Å²) in [5.41, 5.74) is 0.649. The summed E-state index contributed by atoms with van der Waals surface area (Å²) in [7, 11) is 2.78. The minimum absolute atomic E-state index is 0.116. The van der Waals surface area contributed by atoms with Crippen LogP contribution in [0, 0.1) is 0 Å². The van der Waals surface area contributed by atoms with Crippen LogP contribution in [0.25, 0.3) is 5.52 Å². The van der Waals surface area contributed by atoms with Gasteiger partial charge in [0.2, 0.25) is 0 Å². The van der Waals surface area contributed by atoms with Crippen molar-refractivity contribution in [3.8, 4) is 5.75 Å². The molecule has 2 aromatic rings. The van der Waals surface area contributed by atoms with Crippen molar-refractivity contribution >= 4 is 17.8 Å². The van der Waals surface area contributed by atoms with Crippen LogP contribution in [0.15, 0.2) is 18.3 Å². The molecule has 0 unspecified atom stereocenters. The third kappa shape index (κ3) is 1.81. The maximum absolute atomic E-state index is 11.7. The molecule has 0 amide bonds. The van der Waals surface area contributed by atoms with Gasteiger partial charge >= 0.3 is 5.97 Å². The first kappa shape index (κ1) is 12.1. The highest BCUT2D eigenvalue weighted by atomic mass is 16.5. The highest BCUT2D eigenvalue weighted by Gasteiger charge is 2.20. The molecule has 0 N–H and O–H groups in total. The van der Waals surface area contributed by atoms with Crippen LogP contribution in [0.5, 0.6) is 5.75 Å². The van der Waals surface area contributed by atoms with E-state index in [1.165, 1.54) is 14.2 Å². The monoisotopic (exact) mass is 248 g/mol. The van der Waals surface area contributed by atoms with Gasteiger partial charge in [0.25, 0.3) is 0 Å². The van der Waals surface area contributed by atoms with E-state index < -0.39 is 5.97 Å². The van der Waals surface area contributed by atoms with Gasteiger partial charge in [-0.15, -0.1) is 0 Å². The standard InChI is InChI=1S/C12H12N2O4/c1-17-8-4-3-6-14-9(5-7-15)13-10(11(8)14)12(16)18-2/h3-4,6-7H,5H2,1-2H3. The lowest BCUT2D eigenvalue weighted by Gasteiger charge is -2.04. The summed E-state index contributed by atoms with van der Waals surface area (Å²) < 4.78 is 11.5. The van der Waals surface area contributed by atoms with Crippen molar-refractivity contribution in [1.82, 2.24) is 9.38 Å². The van der Waals surface area contributed by atoms with Crippen LogP contribution in [0.2, 0.25) is 0 Å². The lowest BCUT2D eigenvalue weighted by atomic mass is 10.3. The van der Waals surface area contributed by atoms with E-state index in [1.807, 2.05) is 0 Å². The predicted octanol–water partition coefficient (Wildman–Crippen LogP) is 0.871. The lowest BCUT2D eigenvalue weighted by molar-refractivity contribution is -0.107. The van der Waals surface area contributed by atoms with Gasteiger partial charge in [0.1, 0.15) is 23.4 Å². The summed E-state index contributed by atoms with van der Waals surface area (Å²) in [6, 6.07) is 3.47. The van der Waals surface area contributed by atoms with E-state index in [1.54, 1.807) is 22.7 Å². The number of carbonyl (C=O) groups excluding carboxylic acids is 2. The van der Waals surface area contributed by atoms with Gasteiger partial charge in [0.05, 0.1) is 20.6 Å². The number of hydrogen-bond donors (Lipinski definition) is 0.